The predicted molar refractivity (Wildman–Crippen MR) is 104 cm³/mol. The van der Waals surface area contributed by atoms with E-state index in [1.165, 1.54) is 5.56 Å². The average Bonchev–Trinajstić information content (AvgIpc) is 2.66. The molecule has 1 heterocycles. The number of aliphatic imine (C=N–C) groups is 1. The van der Waals surface area contributed by atoms with E-state index >= 15 is 0 Å². The lowest BCUT2D eigenvalue weighted by atomic mass is 9.98. The van der Waals surface area contributed by atoms with Crippen LogP contribution in [-0.4, -0.2) is 57.4 Å². The van der Waals surface area contributed by atoms with Crippen molar-refractivity contribution >= 4 is 5.96 Å². The minimum atomic E-state index is 0.412. The van der Waals surface area contributed by atoms with Gasteiger partial charge >= 0.3 is 0 Å². The molecule has 0 aromatic heterocycles. The Bertz CT molecular complexity index is 522. The molecule has 5 heteroatoms. The SMILES string of the molecule is CCOC1CCN(C(=NC)NCCC(C)c2ccc(OC)cc2)CC1. The number of nitrogens with zero attached hydrogens (tertiary/aromatic N) is 2. The fourth-order valence-electron chi connectivity index (χ4n) is 3.30. The van der Waals surface area contributed by atoms with Gasteiger partial charge in [-0.15, -0.1) is 0 Å². The molecule has 0 bridgehead atoms. The number of benzene rings is 1. The summed E-state index contributed by atoms with van der Waals surface area (Å²) in [5.74, 6) is 2.42. The first kappa shape index (κ1) is 19.6. The van der Waals surface area contributed by atoms with E-state index in [0.717, 1.165) is 57.2 Å². The Hall–Kier alpha value is -1.75. The fourth-order valence-corrected chi connectivity index (χ4v) is 3.30. The predicted octanol–water partition coefficient (Wildman–Crippen LogP) is 3.27. The second kappa shape index (κ2) is 10.3. The van der Waals surface area contributed by atoms with Gasteiger partial charge < -0.3 is 19.7 Å². The lowest BCUT2D eigenvalue weighted by Crippen LogP contribution is -2.47. The second-order valence-electron chi connectivity index (χ2n) is 6.58. The average molecular weight is 348 g/mol. The molecule has 1 saturated heterocycles. The Balaban J connectivity index is 1.75. The number of hydrogen-bond donors (Lipinski definition) is 1. The highest BCUT2D eigenvalue weighted by Crippen LogP contribution is 2.21. The van der Waals surface area contributed by atoms with Gasteiger partial charge in [0.15, 0.2) is 5.96 Å². The number of methoxy groups -OCH3 is 1. The van der Waals surface area contributed by atoms with E-state index in [4.69, 9.17) is 9.47 Å². The standard InChI is InChI=1S/C20H33N3O2/c1-5-25-19-11-14-23(15-12-19)20(21-3)22-13-10-16(2)17-6-8-18(24-4)9-7-17/h6-9,16,19H,5,10-15H2,1-4H3,(H,21,22). The third-order valence-corrected chi connectivity index (χ3v) is 4.90. The molecule has 1 aromatic carbocycles. The summed E-state index contributed by atoms with van der Waals surface area (Å²) in [4.78, 5) is 6.79. The maximum absolute atomic E-state index is 5.73. The van der Waals surface area contributed by atoms with Gasteiger partial charge in [-0.05, 0) is 49.8 Å². The Morgan fingerprint density at radius 3 is 2.52 bits per heavy atom. The Kier molecular flexibility index (Phi) is 8.06. The van der Waals surface area contributed by atoms with E-state index in [1.807, 2.05) is 19.2 Å². The van der Waals surface area contributed by atoms with Crippen molar-refractivity contribution in [1.82, 2.24) is 10.2 Å². The van der Waals surface area contributed by atoms with Crippen molar-refractivity contribution in [2.24, 2.45) is 4.99 Å². The van der Waals surface area contributed by atoms with Gasteiger partial charge in [0, 0.05) is 33.3 Å². The summed E-state index contributed by atoms with van der Waals surface area (Å²) in [7, 11) is 3.56. The summed E-state index contributed by atoms with van der Waals surface area (Å²) < 4.78 is 11.0. The molecule has 0 radical (unpaired) electrons. The van der Waals surface area contributed by atoms with E-state index in [-0.39, 0.29) is 0 Å². The summed E-state index contributed by atoms with van der Waals surface area (Å²) in [6, 6.07) is 8.36. The van der Waals surface area contributed by atoms with Crippen LogP contribution in [-0.2, 0) is 4.74 Å². The van der Waals surface area contributed by atoms with E-state index in [2.05, 4.69) is 41.2 Å². The zero-order valence-electron chi connectivity index (χ0n) is 16.1. The van der Waals surface area contributed by atoms with Gasteiger partial charge in [-0.25, -0.2) is 0 Å². The molecule has 0 amide bonds. The molecule has 0 aliphatic carbocycles. The van der Waals surface area contributed by atoms with Gasteiger partial charge in [-0.3, -0.25) is 4.99 Å². The van der Waals surface area contributed by atoms with Crippen molar-refractivity contribution in [3.8, 4) is 5.75 Å². The maximum Gasteiger partial charge on any atom is 0.193 e. The summed E-state index contributed by atoms with van der Waals surface area (Å²) in [6.45, 7) is 8.08. The first-order valence-corrected chi connectivity index (χ1v) is 9.39. The Morgan fingerprint density at radius 1 is 1.28 bits per heavy atom. The summed E-state index contributed by atoms with van der Waals surface area (Å²) >= 11 is 0. The van der Waals surface area contributed by atoms with Crippen LogP contribution in [0.1, 0.15) is 44.6 Å². The minimum absolute atomic E-state index is 0.412. The number of nitrogens with one attached hydrogen (secondary N) is 1. The molecule has 1 aromatic rings. The zero-order valence-corrected chi connectivity index (χ0v) is 16.1. The van der Waals surface area contributed by atoms with Gasteiger partial charge in [0.05, 0.1) is 13.2 Å². The van der Waals surface area contributed by atoms with Crippen LogP contribution in [0.2, 0.25) is 0 Å². The summed E-state index contributed by atoms with van der Waals surface area (Å²) in [6.07, 6.45) is 3.64. The Morgan fingerprint density at radius 2 is 1.96 bits per heavy atom. The maximum atomic E-state index is 5.73. The molecule has 5 nitrogen and oxygen atoms in total. The monoisotopic (exact) mass is 347 g/mol. The van der Waals surface area contributed by atoms with Gasteiger partial charge in [0.2, 0.25) is 0 Å². The van der Waals surface area contributed by atoms with Crippen LogP contribution in [0, 0.1) is 0 Å². The molecular formula is C20H33N3O2. The first-order chi connectivity index (χ1) is 12.2. The van der Waals surface area contributed by atoms with E-state index < -0.39 is 0 Å². The lowest BCUT2D eigenvalue weighted by Gasteiger charge is -2.34. The molecule has 25 heavy (non-hydrogen) atoms. The van der Waals surface area contributed by atoms with Crippen LogP contribution in [0.3, 0.4) is 0 Å². The van der Waals surface area contributed by atoms with Crippen LogP contribution < -0.4 is 10.1 Å². The molecule has 1 aliphatic heterocycles. The van der Waals surface area contributed by atoms with E-state index in [0.29, 0.717) is 12.0 Å². The van der Waals surface area contributed by atoms with Gasteiger partial charge in [0.1, 0.15) is 5.75 Å². The second-order valence-corrected chi connectivity index (χ2v) is 6.58. The van der Waals surface area contributed by atoms with E-state index in [9.17, 15) is 0 Å². The summed E-state index contributed by atoms with van der Waals surface area (Å²) in [5, 5.41) is 3.52. The van der Waals surface area contributed by atoms with Crippen LogP contribution in [0.5, 0.6) is 5.75 Å². The quantitative estimate of drug-likeness (QED) is 0.607. The van der Waals surface area contributed by atoms with Gasteiger partial charge in [0.25, 0.3) is 0 Å². The molecule has 1 atom stereocenters. The third-order valence-electron chi connectivity index (χ3n) is 4.90. The summed E-state index contributed by atoms with van der Waals surface area (Å²) in [5.41, 5.74) is 1.34. The van der Waals surface area contributed by atoms with E-state index in [1.54, 1.807) is 7.11 Å². The number of guanidine groups is 1. The molecular weight excluding hydrogens is 314 g/mol. The molecule has 1 N–H and O–H groups in total. The number of likely N-dealkylation sites (tertiary alicyclic amines) is 1. The van der Waals surface area contributed by atoms with Crippen molar-refractivity contribution in [2.45, 2.75) is 45.1 Å². The first-order valence-electron chi connectivity index (χ1n) is 9.39. The highest BCUT2D eigenvalue weighted by atomic mass is 16.5. The van der Waals surface area contributed by atoms with Crippen LogP contribution in [0.4, 0.5) is 0 Å². The molecule has 0 saturated carbocycles. The van der Waals surface area contributed by atoms with Gasteiger partial charge in [-0.2, -0.15) is 0 Å². The molecule has 0 spiro atoms. The van der Waals surface area contributed by atoms with Gasteiger partial charge in [-0.1, -0.05) is 19.1 Å². The zero-order chi connectivity index (χ0) is 18.1. The number of ether oxygens (including phenoxy) is 2. The molecule has 2 rings (SSSR count). The lowest BCUT2D eigenvalue weighted by molar-refractivity contribution is 0.0264. The van der Waals surface area contributed by atoms with Crippen LogP contribution in [0.15, 0.2) is 29.3 Å². The topological polar surface area (TPSA) is 46.1 Å². The number of hydrogen-bond acceptors (Lipinski definition) is 3. The van der Waals surface area contributed by atoms with Crippen molar-refractivity contribution in [3.63, 3.8) is 0 Å². The molecule has 1 aliphatic rings. The minimum Gasteiger partial charge on any atom is -0.497 e. The highest BCUT2D eigenvalue weighted by Gasteiger charge is 2.21. The smallest absolute Gasteiger partial charge is 0.193 e. The normalized spacial score (nSPS) is 17.4. The fraction of sp³-hybridized carbons (Fsp3) is 0.650. The van der Waals surface area contributed by atoms with Crippen LogP contribution >= 0.6 is 0 Å². The number of rotatable bonds is 7. The molecule has 1 fully saturated rings. The number of piperidine rings is 1. The largest absolute Gasteiger partial charge is 0.497 e. The van der Waals surface area contributed by atoms with Crippen molar-refractivity contribution in [2.75, 3.05) is 40.4 Å². The highest BCUT2D eigenvalue weighted by molar-refractivity contribution is 5.79. The molecule has 140 valence electrons. The molecule has 1 unspecified atom stereocenters. The van der Waals surface area contributed by atoms with Crippen molar-refractivity contribution in [3.05, 3.63) is 29.8 Å². The van der Waals surface area contributed by atoms with Crippen molar-refractivity contribution < 1.29 is 9.47 Å². The third kappa shape index (κ3) is 5.92. The van der Waals surface area contributed by atoms with Crippen molar-refractivity contribution in [1.29, 1.82) is 0 Å². The van der Waals surface area contributed by atoms with Crippen LogP contribution in [0.25, 0.3) is 0 Å². The Labute approximate surface area is 152 Å².